The summed E-state index contributed by atoms with van der Waals surface area (Å²) < 4.78 is 39.3. The van der Waals surface area contributed by atoms with Crippen molar-refractivity contribution < 1.29 is 13.2 Å². The normalized spacial score (nSPS) is 11.6. The molecule has 0 aliphatic carbocycles. The minimum Gasteiger partial charge on any atom is -0.377 e. The Balaban J connectivity index is 3.06. The molecule has 16 heavy (non-hydrogen) atoms. The number of rotatable bonds is 4. The van der Waals surface area contributed by atoms with Crippen LogP contribution >= 0.6 is 0 Å². The first-order chi connectivity index (χ1) is 7.35. The summed E-state index contributed by atoms with van der Waals surface area (Å²) in [5.41, 5.74) is 5.80. The lowest BCUT2D eigenvalue weighted by molar-refractivity contribution is 0.0115. The molecule has 0 fully saturated rings. The van der Waals surface area contributed by atoms with Crippen LogP contribution in [-0.4, -0.2) is 26.6 Å². The molecular formula is C11H15F3N2. The third-order valence-corrected chi connectivity index (χ3v) is 2.27. The van der Waals surface area contributed by atoms with Gasteiger partial charge in [0.1, 0.15) is 5.82 Å². The van der Waals surface area contributed by atoms with Crippen molar-refractivity contribution in [1.82, 2.24) is 0 Å². The van der Waals surface area contributed by atoms with Gasteiger partial charge in [-0.1, -0.05) is 0 Å². The Morgan fingerprint density at radius 3 is 2.44 bits per heavy atom. The highest BCUT2D eigenvalue weighted by Gasteiger charge is 2.28. The number of anilines is 1. The van der Waals surface area contributed by atoms with E-state index in [4.69, 9.17) is 5.73 Å². The van der Waals surface area contributed by atoms with Gasteiger partial charge in [0.2, 0.25) is 0 Å². The highest BCUT2D eigenvalue weighted by atomic mass is 19.3. The number of benzene rings is 1. The summed E-state index contributed by atoms with van der Waals surface area (Å²) in [6.45, 7) is -0.740. The molecule has 1 aromatic rings. The molecule has 1 rings (SSSR count). The fourth-order valence-electron chi connectivity index (χ4n) is 1.48. The zero-order chi connectivity index (χ0) is 12.3. The molecule has 0 unspecified atom stereocenters. The van der Waals surface area contributed by atoms with Crippen molar-refractivity contribution in [1.29, 1.82) is 0 Å². The van der Waals surface area contributed by atoms with Gasteiger partial charge in [-0.05, 0) is 23.8 Å². The number of nitrogens with two attached hydrogens (primary N) is 1. The predicted octanol–water partition coefficient (Wildman–Crippen LogP) is 2.03. The van der Waals surface area contributed by atoms with Gasteiger partial charge in [-0.25, -0.2) is 13.2 Å². The van der Waals surface area contributed by atoms with Crippen LogP contribution in [0.2, 0.25) is 0 Å². The van der Waals surface area contributed by atoms with E-state index in [0.29, 0.717) is 5.69 Å². The fraction of sp³-hybridized carbons (Fsp3) is 0.455. The highest BCUT2D eigenvalue weighted by Crippen LogP contribution is 2.26. The van der Waals surface area contributed by atoms with Gasteiger partial charge in [0, 0.05) is 26.2 Å². The first-order valence-corrected chi connectivity index (χ1v) is 4.89. The summed E-state index contributed by atoms with van der Waals surface area (Å²) in [5, 5.41) is 0. The maximum Gasteiger partial charge on any atom is 0.264 e. The van der Waals surface area contributed by atoms with Crippen molar-refractivity contribution >= 4 is 5.69 Å². The van der Waals surface area contributed by atoms with Crippen LogP contribution < -0.4 is 10.6 Å². The van der Waals surface area contributed by atoms with Crippen LogP contribution in [0.15, 0.2) is 18.2 Å². The second kappa shape index (κ2) is 4.74. The van der Waals surface area contributed by atoms with E-state index in [1.165, 1.54) is 12.1 Å². The summed E-state index contributed by atoms with van der Waals surface area (Å²) in [7, 11) is 3.44. The van der Waals surface area contributed by atoms with Gasteiger partial charge in [0.05, 0.1) is 6.54 Å². The first-order valence-electron chi connectivity index (χ1n) is 4.89. The SMILES string of the molecule is CN(C)c1ccc(F)cc1CC(F)(F)CN. The number of nitrogens with zero attached hydrogens (tertiary/aromatic N) is 1. The second-order valence-electron chi connectivity index (χ2n) is 3.90. The Morgan fingerprint density at radius 1 is 1.31 bits per heavy atom. The Hall–Kier alpha value is -1.23. The molecule has 0 spiro atoms. The molecule has 0 atom stereocenters. The second-order valence-corrected chi connectivity index (χ2v) is 3.90. The Morgan fingerprint density at radius 2 is 1.94 bits per heavy atom. The molecule has 0 bridgehead atoms. The summed E-state index contributed by atoms with van der Waals surface area (Å²) >= 11 is 0. The van der Waals surface area contributed by atoms with Crippen LogP contribution in [0.25, 0.3) is 0 Å². The van der Waals surface area contributed by atoms with Crippen LogP contribution in [0.3, 0.4) is 0 Å². The highest BCUT2D eigenvalue weighted by molar-refractivity contribution is 5.53. The maximum atomic E-state index is 13.1. The van der Waals surface area contributed by atoms with Gasteiger partial charge in [0.25, 0.3) is 5.92 Å². The number of hydrogen-bond acceptors (Lipinski definition) is 2. The molecule has 0 radical (unpaired) electrons. The van der Waals surface area contributed by atoms with Crippen LogP contribution in [0.4, 0.5) is 18.9 Å². The zero-order valence-electron chi connectivity index (χ0n) is 9.30. The van der Waals surface area contributed by atoms with Crippen molar-refractivity contribution in [2.45, 2.75) is 12.3 Å². The molecule has 0 aromatic heterocycles. The topological polar surface area (TPSA) is 29.3 Å². The average Bonchev–Trinajstić information content (AvgIpc) is 2.16. The minimum absolute atomic E-state index is 0.264. The van der Waals surface area contributed by atoms with Crippen molar-refractivity contribution in [3.63, 3.8) is 0 Å². The zero-order valence-corrected chi connectivity index (χ0v) is 9.30. The van der Waals surface area contributed by atoms with Crippen LogP contribution in [0, 0.1) is 5.82 Å². The van der Waals surface area contributed by atoms with E-state index in [0.717, 1.165) is 6.07 Å². The van der Waals surface area contributed by atoms with Gasteiger partial charge >= 0.3 is 0 Å². The summed E-state index contributed by atoms with van der Waals surface area (Å²) in [5.74, 6) is -3.52. The van der Waals surface area contributed by atoms with Gasteiger partial charge < -0.3 is 10.6 Å². The van der Waals surface area contributed by atoms with Gasteiger partial charge in [-0.15, -0.1) is 0 Å². The minimum atomic E-state index is -3.00. The fourth-order valence-corrected chi connectivity index (χ4v) is 1.48. The van der Waals surface area contributed by atoms with Crippen molar-refractivity contribution in [3.05, 3.63) is 29.6 Å². The van der Waals surface area contributed by atoms with Gasteiger partial charge in [-0.3, -0.25) is 0 Å². The summed E-state index contributed by atoms with van der Waals surface area (Å²) in [6.07, 6.45) is -0.547. The molecule has 2 nitrogen and oxygen atoms in total. The summed E-state index contributed by atoms with van der Waals surface area (Å²) in [6, 6.07) is 3.86. The standard InChI is InChI=1S/C11H15F3N2/c1-16(2)10-4-3-9(12)5-8(10)6-11(13,14)7-15/h3-5H,6-7,15H2,1-2H3. The van der Waals surface area contributed by atoms with E-state index < -0.39 is 24.7 Å². The molecule has 0 amide bonds. The van der Waals surface area contributed by atoms with Crippen LogP contribution in [0.1, 0.15) is 5.56 Å². The van der Waals surface area contributed by atoms with Crippen LogP contribution in [-0.2, 0) is 6.42 Å². The molecule has 2 N–H and O–H groups in total. The summed E-state index contributed by atoms with van der Waals surface area (Å²) in [4.78, 5) is 1.67. The molecule has 90 valence electrons. The predicted molar refractivity (Wildman–Crippen MR) is 58.4 cm³/mol. The monoisotopic (exact) mass is 232 g/mol. The van der Waals surface area contributed by atoms with Crippen molar-refractivity contribution in [2.75, 3.05) is 25.5 Å². The van der Waals surface area contributed by atoms with Crippen molar-refractivity contribution in [3.8, 4) is 0 Å². The third-order valence-electron chi connectivity index (χ3n) is 2.27. The lowest BCUT2D eigenvalue weighted by Gasteiger charge is -2.20. The van der Waals surface area contributed by atoms with E-state index in [2.05, 4.69) is 0 Å². The van der Waals surface area contributed by atoms with Crippen molar-refractivity contribution in [2.24, 2.45) is 5.73 Å². The number of alkyl halides is 2. The van der Waals surface area contributed by atoms with E-state index >= 15 is 0 Å². The molecule has 1 aromatic carbocycles. The smallest absolute Gasteiger partial charge is 0.264 e. The molecule has 0 saturated heterocycles. The van der Waals surface area contributed by atoms with E-state index in [1.807, 2.05) is 0 Å². The lowest BCUT2D eigenvalue weighted by atomic mass is 10.0. The number of halogens is 3. The number of hydrogen-bond donors (Lipinski definition) is 1. The first kappa shape index (κ1) is 12.8. The maximum absolute atomic E-state index is 13.1. The third kappa shape index (κ3) is 3.13. The van der Waals surface area contributed by atoms with Gasteiger partial charge in [-0.2, -0.15) is 0 Å². The van der Waals surface area contributed by atoms with E-state index in [1.54, 1.807) is 19.0 Å². The Bertz CT molecular complexity index is 364. The lowest BCUT2D eigenvalue weighted by Crippen LogP contribution is -2.31. The van der Waals surface area contributed by atoms with Crippen LogP contribution in [0.5, 0.6) is 0 Å². The Labute approximate surface area is 92.9 Å². The van der Waals surface area contributed by atoms with E-state index in [-0.39, 0.29) is 5.56 Å². The molecular weight excluding hydrogens is 217 g/mol. The molecule has 0 aliphatic rings. The largest absolute Gasteiger partial charge is 0.377 e. The molecule has 0 saturated carbocycles. The van der Waals surface area contributed by atoms with E-state index in [9.17, 15) is 13.2 Å². The van der Waals surface area contributed by atoms with Gasteiger partial charge in [0.15, 0.2) is 0 Å². The molecule has 5 heteroatoms. The Kier molecular flexibility index (Phi) is 3.80. The molecule has 0 heterocycles. The average molecular weight is 232 g/mol. The molecule has 0 aliphatic heterocycles. The quantitative estimate of drug-likeness (QED) is 0.860.